The van der Waals surface area contributed by atoms with E-state index >= 15 is 0 Å². The number of hydrogen-bond acceptors (Lipinski definition) is 2. The highest BCUT2D eigenvalue weighted by Crippen LogP contribution is 2.20. The second-order valence-electron chi connectivity index (χ2n) is 5.79. The van der Waals surface area contributed by atoms with Crippen molar-refractivity contribution in [3.05, 3.63) is 0 Å². The van der Waals surface area contributed by atoms with E-state index in [2.05, 4.69) is 50.0 Å². The third kappa shape index (κ3) is 6.24. The van der Waals surface area contributed by atoms with Gasteiger partial charge < -0.3 is 15.0 Å². The van der Waals surface area contributed by atoms with Crippen LogP contribution in [-0.2, 0) is 4.74 Å². The summed E-state index contributed by atoms with van der Waals surface area (Å²) in [5.41, 5.74) is 0.128. The molecule has 1 N–H and O–H groups in total. The van der Waals surface area contributed by atoms with Crippen LogP contribution in [0, 0.1) is 5.41 Å². The molecule has 0 fully saturated rings. The van der Waals surface area contributed by atoms with E-state index in [1.807, 2.05) is 7.05 Å². The lowest BCUT2D eigenvalue weighted by atomic mass is 9.89. The van der Waals surface area contributed by atoms with Gasteiger partial charge in [-0.15, -0.1) is 0 Å². The first-order chi connectivity index (χ1) is 8.36. The maximum atomic E-state index is 5.53. The summed E-state index contributed by atoms with van der Waals surface area (Å²) < 4.78 is 5.53. The number of hydrogen-bond donors (Lipinski definition) is 1. The van der Waals surface area contributed by atoms with Gasteiger partial charge in [-0.1, -0.05) is 34.1 Å². The van der Waals surface area contributed by atoms with Crippen LogP contribution in [0.15, 0.2) is 4.99 Å². The second kappa shape index (κ2) is 8.35. The van der Waals surface area contributed by atoms with Crippen molar-refractivity contribution in [3.8, 4) is 0 Å². The molecule has 0 aliphatic rings. The smallest absolute Gasteiger partial charge is 0.193 e. The average molecular weight is 257 g/mol. The molecule has 1 atom stereocenters. The molecule has 18 heavy (non-hydrogen) atoms. The minimum Gasteiger partial charge on any atom is -0.379 e. The van der Waals surface area contributed by atoms with E-state index in [1.165, 1.54) is 12.8 Å². The molecule has 0 aliphatic heterocycles. The summed E-state index contributed by atoms with van der Waals surface area (Å²) in [6.07, 6.45) is 2.56. The summed E-state index contributed by atoms with van der Waals surface area (Å²) in [4.78, 5) is 6.47. The fourth-order valence-corrected chi connectivity index (χ4v) is 1.81. The maximum Gasteiger partial charge on any atom is 0.193 e. The van der Waals surface area contributed by atoms with Crippen LogP contribution in [0.4, 0.5) is 0 Å². The van der Waals surface area contributed by atoms with Gasteiger partial charge in [-0.25, -0.2) is 0 Å². The van der Waals surface area contributed by atoms with Crippen molar-refractivity contribution in [3.63, 3.8) is 0 Å². The van der Waals surface area contributed by atoms with E-state index < -0.39 is 0 Å². The Morgan fingerprint density at radius 2 is 2.00 bits per heavy atom. The predicted molar refractivity (Wildman–Crippen MR) is 79.2 cm³/mol. The zero-order valence-corrected chi connectivity index (χ0v) is 13.2. The van der Waals surface area contributed by atoms with Crippen molar-refractivity contribution in [2.24, 2.45) is 10.4 Å². The zero-order chi connectivity index (χ0) is 14.2. The van der Waals surface area contributed by atoms with Crippen LogP contribution < -0.4 is 5.32 Å². The molecule has 0 amide bonds. The van der Waals surface area contributed by atoms with Crippen LogP contribution in [0.25, 0.3) is 0 Å². The first-order valence-corrected chi connectivity index (χ1v) is 6.81. The third-order valence-corrected chi connectivity index (χ3v) is 3.12. The number of unbranched alkanes of at least 4 members (excludes halogenated alkanes) is 1. The number of rotatable bonds is 6. The number of ether oxygens (including phenoxy) is 1. The standard InChI is InChI=1S/C14H31N3O/c1-8-9-10-17(6)13(15-5)16-11-12(18-7)14(2,3)4/h12H,8-11H2,1-7H3,(H,15,16). The van der Waals surface area contributed by atoms with Gasteiger partial charge in [0.25, 0.3) is 0 Å². The van der Waals surface area contributed by atoms with Gasteiger partial charge in [0.05, 0.1) is 6.10 Å². The van der Waals surface area contributed by atoms with Crippen LogP contribution in [-0.4, -0.2) is 51.3 Å². The van der Waals surface area contributed by atoms with Crippen molar-refractivity contribution in [1.29, 1.82) is 0 Å². The Morgan fingerprint density at radius 3 is 2.39 bits per heavy atom. The Balaban J connectivity index is 4.30. The zero-order valence-electron chi connectivity index (χ0n) is 13.2. The highest BCUT2D eigenvalue weighted by Gasteiger charge is 2.24. The molecule has 4 nitrogen and oxygen atoms in total. The molecule has 108 valence electrons. The summed E-state index contributed by atoms with van der Waals surface area (Å²) in [5, 5.41) is 3.39. The minimum absolute atomic E-state index is 0.128. The fourth-order valence-electron chi connectivity index (χ4n) is 1.81. The lowest BCUT2D eigenvalue weighted by molar-refractivity contribution is 0.0202. The summed E-state index contributed by atoms with van der Waals surface area (Å²) >= 11 is 0. The Kier molecular flexibility index (Phi) is 8.00. The first-order valence-electron chi connectivity index (χ1n) is 6.81. The molecule has 1 unspecified atom stereocenters. The van der Waals surface area contributed by atoms with Crippen molar-refractivity contribution >= 4 is 5.96 Å². The van der Waals surface area contributed by atoms with Crippen molar-refractivity contribution in [2.45, 2.75) is 46.6 Å². The lowest BCUT2D eigenvalue weighted by Gasteiger charge is -2.31. The molecule has 0 saturated heterocycles. The van der Waals surface area contributed by atoms with Gasteiger partial charge in [0, 0.05) is 34.3 Å². The molecule has 0 aromatic rings. The highest BCUT2D eigenvalue weighted by atomic mass is 16.5. The van der Waals surface area contributed by atoms with Crippen molar-refractivity contribution in [2.75, 3.05) is 34.3 Å². The van der Waals surface area contributed by atoms with E-state index in [0.717, 1.165) is 19.0 Å². The van der Waals surface area contributed by atoms with Crippen LogP contribution in [0.1, 0.15) is 40.5 Å². The van der Waals surface area contributed by atoms with Gasteiger partial charge >= 0.3 is 0 Å². The fraction of sp³-hybridized carbons (Fsp3) is 0.929. The summed E-state index contributed by atoms with van der Waals surface area (Å²) in [5.74, 6) is 0.940. The van der Waals surface area contributed by atoms with Gasteiger partial charge in [-0.2, -0.15) is 0 Å². The number of nitrogens with one attached hydrogen (secondary N) is 1. The number of nitrogens with zero attached hydrogens (tertiary/aromatic N) is 2. The quantitative estimate of drug-likeness (QED) is 0.586. The molecule has 4 heteroatoms. The summed E-state index contributed by atoms with van der Waals surface area (Å²) in [7, 11) is 5.66. The van der Waals surface area contributed by atoms with Gasteiger partial charge in [0.2, 0.25) is 0 Å². The van der Waals surface area contributed by atoms with Crippen LogP contribution >= 0.6 is 0 Å². The number of methoxy groups -OCH3 is 1. The topological polar surface area (TPSA) is 36.9 Å². The van der Waals surface area contributed by atoms with E-state index in [-0.39, 0.29) is 11.5 Å². The average Bonchev–Trinajstić information content (AvgIpc) is 2.30. The molecule has 0 saturated carbocycles. The van der Waals surface area contributed by atoms with E-state index in [9.17, 15) is 0 Å². The van der Waals surface area contributed by atoms with Gasteiger partial charge in [0.15, 0.2) is 5.96 Å². The monoisotopic (exact) mass is 257 g/mol. The molecule has 0 rings (SSSR count). The molecule has 0 heterocycles. The summed E-state index contributed by atoms with van der Waals surface area (Å²) in [6, 6.07) is 0. The molecule has 0 radical (unpaired) electrons. The predicted octanol–water partition coefficient (Wildman–Crippen LogP) is 2.35. The number of aliphatic imine (C=N–C) groups is 1. The minimum atomic E-state index is 0.128. The molecular weight excluding hydrogens is 226 g/mol. The second-order valence-corrected chi connectivity index (χ2v) is 5.79. The van der Waals surface area contributed by atoms with Gasteiger partial charge in [0.1, 0.15) is 0 Å². The largest absolute Gasteiger partial charge is 0.379 e. The van der Waals surface area contributed by atoms with Gasteiger partial charge in [-0.05, 0) is 11.8 Å². The molecule has 0 spiro atoms. The van der Waals surface area contributed by atoms with Gasteiger partial charge in [-0.3, -0.25) is 4.99 Å². The lowest BCUT2D eigenvalue weighted by Crippen LogP contribution is -2.46. The Bertz CT molecular complexity index is 246. The van der Waals surface area contributed by atoms with E-state index in [0.29, 0.717) is 0 Å². The van der Waals surface area contributed by atoms with Crippen LogP contribution in [0.2, 0.25) is 0 Å². The van der Waals surface area contributed by atoms with Crippen molar-refractivity contribution in [1.82, 2.24) is 10.2 Å². The van der Waals surface area contributed by atoms with E-state index in [4.69, 9.17) is 4.74 Å². The Morgan fingerprint density at radius 1 is 1.39 bits per heavy atom. The Labute approximate surface area is 113 Å². The highest BCUT2D eigenvalue weighted by molar-refractivity contribution is 5.79. The van der Waals surface area contributed by atoms with Crippen LogP contribution in [0.3, 0.4) is 0 Å². The molecule has 0 aromatic heterocycles. The maximum absolute atomic E-state index is 5.53. The van der Waals surface area contributed by atoms with Crippen molar-refractivity contribution < 1.29 is 4.74 Å². The number of guanidine groups is 1. The SMILES string of the molecule is CCCCN(C)C(=NC)NCC(OC)C(C)(C)C. The van der Waals surface area contributed by atoms with Crippen LogP contribution in [0.5, 0.6) is 0 Å². The first kappa shape index (κ1) is 17.2. The molecule has 0 aromatic carbocycles. The molecular formula is C14H31N3O. The summed E-state index contributed by atoms with van der Waals surface area (Å²) in [6.45, 7) is 10.6. The molecule has 0 aliphatic carbocycles. The molecule has 0 bridgehead atoms. The van der Waals surface area contributed by atoms with E-state index in [1.54, 1.807) is 7.11 Å². The third-order valence-electron chi connectivity index (χ3n) is 3.12. The normalized spacial score (nSPS) is 14.5. The Hall–Kier alpha value is -0.770.